The van der Waals surface area contributed by atoms with Crippen LogP contribution in [0.1, 0.15) is 25.8 Å². The first-order valence-corrected chi connectivity index (χ1v) is 6.97. The Morgan fingerprint density at radius 3 is 2.24 bits per heavy atom. The average molecular weight is 256 g/mol. The highest BCUT2D eigenvalue weighted by atomic mass is 32.2. The van der Waals surface area contributed by atoms with Crippen LogP contribution in [0.25, 0.3) is 0 Å². The maximum Gasteiger partial charge on any atom is 0.304 e. The zero-order valence-corrected chi connectivity index (χ0v) is 10.7. The molecule has 0 heterocycles. The Hall–Kier alpha value is -1.36. The van der Waals surface area contributed by atoms with Crippen molar-refractivity contribution in [2.45, 2.75) is 36.8 Å². The van der Waals surface area contributed by atoms with E-state index < -0.39 is 21.1 Å². The number of sulfone groups is 1. The van der Waals surface area contributed by atoms with Crippen LogP contribution < -0.4 is 0 Å². The van der Waals surface area contributed by atoms with E-state index in [1.54, 1.807) is 12.1 Å². The Morgan fingerprint density at radius 1 is 1.29 bits per heavy atom. The van der Waals surface area contributed by atoms with Crippen molar-refractivity contribution in [1.82, 2.24) is 0 Å². The molecule has 1 rings (SSSR count). The zero-order valence-electron chi connectivity index (χ0n) is 9.88. The number of carboxylic acid groups (broad SMARTS) is 1. The standard InChI is InChI=1S/C12H16O4S/c1-3-10-4-6-11(7-5-10)17(15,16)9(2)8-12(13)14/h4-7,9H,3,8H2,1-2H3,(H,13,14). The van der Waals surface area contributed by atoms with E-state index in [2.05, 4.69) is 0 Å². The van der Waals surface area contributed by atoms with Crippen molar-refractivity contribution in [3.63, 3.8) is 0 Å². The summed E-state index contributed by atoms with van der Waals surface area (Å²) in [6, 6.07) is 6.57. The Balaban J connectivity index is 3.00. The molecule has 0 bridgehead atoms. The maximum atomic E-state index is 12.0. The van der Waals surface area contributed by atoms with Crippen LogP contribution >= 0.6 is 0 Å². The monoisotopic (exact) mass is 256 g/mol. The van der Waals surface area contributed by atoms with Gasteiger partial charge in [-0.25, -0.2) is 8.42 Å². The second kappa shape index (κ2) is 5.31. The molecule has 0 aliphatic carbocycles. The highest BCUT2D eigenvalue weighted by Gasteiger charge is 2.25. The number of hydrogen-bond donors (Lipinski definition) is 1. The SMILES string of the molecule is CCc1ccc(S(=O)(=O)C(C)CC(=O)O)cc1. The molecular formula is C12H16O4S. The van der Waals surface area contributed by atoms with Gasteiger partial charge in [0.15, 0.2) is 9.84 Å². The molecule has 0 fully saturated rings. The predicted molar refractivity (Wildman–Crippen MR) is 64.7 cm³/mol. The molecule has 4 nitrogen and oxygen atoms in total. The minimum atomic E-state index is -3.54. The van der Waals surface area contributed by atoms with Crippen LogP contribution in [0.4, 0.5) is 0 Å². The average Bonchev–Trinajstić information content (AvgIpc) is 2.28. The second-order valence-electron chi connectivity index (χ2n) is 3.95. The van der Waals surface area contributed by atoms with E-state index in [0.29, 0.717) is 0 Å². The van der Waals surface area contributed by atoms with Crippen molar-refractivity contribution < 1.29 is 18.3 Å². The van der Waals surface area contributed by atoms with Gasteiger partial charge in [0.05, 0.1) is 16.6 Å². The van der Waals surface area contributed by atoms with Crippen LogP contribution in [0.5, 0.6) is 0 Å². The Labute approximate surface area is 101 Å². The summed E-state index contributed by atoms with van der Waals surface area (Å²) < 4.78 is 24.0. The summed E-state index contributed by atoms with van der Waals surface area (Å²) in [4.78, 5) is 10.7. The molecule has 1 N–H and O–H groups in total. The van der Waals surface area contributed by atoms with E-state index in [-0.39, 0.29) is 11.3 Å². The van der Waals surface area contributed by atoms with Crippen LogP contribution in [-0.4, -0.2) is 24.7 Å². The molecule has 0 saturated carbocycles. The van der Waals surface area contributed by atoms with E-state index in [4.69, 9.17) is 5.11 Å². The maximum absolute atomic E-state index is 12.0. The second-order valence-corrected chi connectivity index (χ2v) is 6.32. The summed E-state index contributed by atoms with van der Waals surface area (Å²) in [5.41, 5.74) is 1.05. The topological polar surface area (TPSA) is 71.4 Å². The van der Waals surface area contributed by atoms with Crippen molar-refractivity contribution in [2.24, 2.45) is 0 Å². The normalized spacial score (nSPS) is 13.3. The van der Waals surface area contributed by atoms with E-state index in [9.17, 15) is 13.2 Å². The summed E-state index contributed by atoms with van der Waals surface area (Å²) in [5.74, 6) is -1.11. The molecule has 94 valence electrons. The Kier molecular flexibility index (Phi) is 4.28. The quantitative estimate of drug-likeness (QED) is 0.873. The van der Waals surface area contributed by atoms with Crippen LogP contribution in [0.3, 0.4) is 0 Å². The van der Waals surface area contributed by atoms with Gasteiger partial charge in [0.1, 0.15) is 0 Å². The van der Waals surface area contributed by atoms with E-state index in [0.717, 1.165) is 12.0 Å². The van der Waals surface area contributed by atoms with Crippen LogP contribution in [0.2, 0.25) is 0 Å². The summed E-state index contributed by atoms with van der Waals surface area (Å²) in [6.07, 6.45) is 0.461. The van der Waals surface area contributed by atoms with Crippen LogP contribution in [0.15, 0.2) is 29.2 Å². The smallest absolute Gasteiger partial charge is 0.304 e. The number of aryl methyl sites for hydroxylation is 1. The Morgan fingerprint density at radius 2 is 1.82 bits per heavy atom. The summed E-state index contributed by atoms with van der Waals surface area (Å²) >= 11 is 0. The molecule has 0 radical (unpaired) electrons. The van der Waals surface area contributed by atoms with E-state index in [1.807, 2.05) is 6.92 Å². The third-order valence-electron chi connectivity index (χ3n) is 2.65. The van der Waals surface area contributed by atoms with Crippen molar-refractivity contribution in [2.75, 3.05) is 0 Å². The van der Waals surface area contributed by atoms with Gasteiger partial charge in [-0.15, -0.1) is 0 Å². The highest BCUT2D eigenvalue weighted by molar-refractivity contribution is 7.92. The summed E-state index contributed by atoms with van der Waals surface area (Å²) in [7, 11) is -3.54. The lowest BCUT2D eigenvalue weighted by molar-refractivity contribution is -0.136. The first-order chi connectivity index (χ1) is 7.87. The molecule has 1 atom stereocenters. The largest absolute Gasteiger partial charge is 0.481 e. The lowest BCUT2D eigenvalue weighted by atomic mass is 10.2. The molecule has 0 aliphatic rings. The molecule has 0 spiro atoms. The molecule has 5 heteroatoms. The third-order valence-corrected chi connectivity index (χ3v) is 4.81. The number of rotatable bonds is 5. The van der Waals surface area contributed by atoms with Gasteiger partial charge in [-0.05, 0) is 31.0 Å². The number of aliphatic carboxylic acids is 1. The summed E-state index contributed by atoms with van der Waals surface area (Å²) in [5, 5.41) is 7.70. The van der Waals surface area contributed by atoms with Gasteiger partial charge in [-0.1, -0.05) is 19.1 Å². The van der Waals surface area contributed by atoms with Crippen molar-refractivity contribution in [3.05, 3.63) is 29.8 Å². The highest BCUT2D eigenvalue weighted by Crippen LogP contribution is 2.19. The van der Waals surface area contributed by atoms with Gasteiger partial charge >= 0.3 is 5.97 Å². The zero-order chi connectivity index (χ0) is 13.1. The number of carboxylic acids is 1. The molecule has 0 amide bonds. The fourth-order valence-electron chi connectivity index (χ4n) is 1.50. The van der Waals surface area contributed by atoms with Crippen LogP contribution in [-0.2, 0) is 21.1 Å². The molecule has 0 aromatic heterocycles. The molecular weight excluding hydrogens is 240 g/mol. The number of hydrogen-bond acceptors (Lipinski definition) is 3. The van der Waals surface area contributed by atoms with E-state index in [1.165, 1.54) is 19.1 Å². The number of carbonyl (C=O) groups is 1. The van der Waals surface area contributed by atoms with Gasteiger partial charge in [0, 0.05) is 0 Å². The molecule has 1 aromatic carbocycles. The molecule has 1 aromatic rings. The first-order valence-electron chi connectivity index (χ1n) is 5.42. The fourth-order valence-corrected chi connectivity index (χ4v) is 2.84. The lowest BCUT2D eigenvalue weighted by Gasteiger charge is -2.11. The molecule has 0 saturated heterocycles. The lowest BCUT2D eigenvalue weighted by Crippen LogP contribution is -2.21. The van der Waals surface area contributed by atoms with Crippen molar-refractivity contribution >= 4 is 15.8 Å². The predicted octanol–water partition coefficient (Wildman–Crippen LogP) is 1.89. The van der Waals surface area contributed by atoms with Crippen molar-refractivity contribution in [3.8, 4) is 0 Å². The molecule has 0 aliphatic heterocycles. The minimum Gasteiger partial charge on any atom is -0.481 e. The van der Waals surface area contributed by atoms with Gasteiger partial charge in [-0.2, -0.15) is 0 Å². The van der Waals surface area contributed by atoms with Gasteiger partial charge in [0.2, 0.25) is 0 Å². The van der Waals surface area contributed by atoms with Gasteiger partial charge < -0.3 is 5.11 Å². The fraction of sp³-hybridized carbons (Fsp3) is 0.417. The molecule has 1 unspecified atom stereocenters. The first kappa shape index (κ1) is 13.7. The van der Waals surface area contributed by atoms with Crippen LogP contribution in [0, 0.1) is 0 Å². The molecule has 17 heavy (non-hydrogen) atoms. The third kappa shape index (κ3) is 3.30. The summed E-state index contributed by atoms with van der Waals surface area (Å²) in [6.45, 7) is 3.40. The van der Waals surface area contributed by atoms with Crippen molar-refractivity contribution in [1.29, 1.82) is 0 Å². The number of benzene rings is 1. The minimum absolute atomic E-state index is 0.184. The van der Waals surface area contributed by atoms with E-state index >= 15 is 0 Å². The van der Waals surface area contributed by atoms with Gasteiger partial charge in [0.25, 0.3) is 0 Å². The Bertz CT molecular complexity index is 488. The van der Waals surface area contributed by atoms with Gasteiger partial charge in [-0.3, -0.25) is 4.79 Å².